The molecule has 0 bridgehead atoms. The summed E-state index contributed by atoms with van der Waals surface area (Å²) >= 11 is 0. The van der Waals surface area contributed by atoms with Crippen molar-refractivity contribution in [1.82, 2.24) is 4.98 Å². The van der Waals surface area contributed by atoms with Crippen LogP contribution in [0.25, 0.3) is 11.3 Å². The molecule has 1 aromatic carbocycles. The van der Waals surface area contributed by atoms with Crippen LogP contribution in [0.1, 0.15) is 30.5 Å². The first kappa shape index (κ1) is 16.8. The highest BCUT2D eigenvalue weighted by atomic mass is 19.4. The molecule has 0 fully saturated rings. The summed E-state index contributed by atoms with van der Waals surface area (Å²) in [6, 6.07) is 9.08. The fraction of sp³-hybridized carbons (Fsp3) is 0.294. The van der Waals surface area contributed by atoms with Gasteiger partial charge in [0.15, 0.2) is 0 Å². The van der Waals surface area contributed by atoms with Crippen molar-refractivity contribution in [2.24, 2.45) is 5.92 Å². The first-order valence-corrected chi connectivity index (χ1v) is 7.06. The minimum atomic E-state index is -4.76. The lowest BCUT2D eigenvalue weighted by Gasteiger charge is -2.11. The molecule has 0 aliphatic carbocycles. The number of aromatic nitrogens is 1. The van der Waals surface area contributed by atoms with Gasteiger partial charge in [0.05, 0.1) is 5.56 Å². The molecule has 120 valence electrons. The lowest BCUT2D eigenvalue weighted by atomic mass is 10.00. The third-order valence-corrected chi connectivity index (χ3v) is 3.36. The second kappa shape index (κ2) is 6.29. The summed E-state index contributed by atoms with van der Waals surface area (Å²) in [4.78, 5) is 14.1. The van der Waals surface area contributed by atoms with Crippen LogP contribution in [0.2, 0.25) is 0 Å². The minimum Gasteiger partial charge on any atom is -0.321 e. The standard InChI is InChI=1S/C17H15F3N2O/c1-10(2)7-11-3-5-12(6-4-11)15-8-14(17(18,19)20)13(9-21)16(23)22-15/h3-6,8,10H,7H2,1-2H3,(H,22,23). The van der Waals surface area contributed by atoms with E-state index in [0.717, 1.165) is 18.1 Å². The molecule has 6 heteroatoms. The molecule has 2 rings (SSSR count). The number of alkyl halides is 3. The van der Waals surface area contributed by atoms with Crippen molar-refractivity contribution in [3.05, 3.63) is 57.4 Å². The van der Waals surface area contributed by atoms with E-state index in [1.165, 1.54) is 6.07 Å². The van der Waals surface area contributed by atoms with Gasteiger partial charge >= 0.3 is 6.18 Å². The molecular weight excluding hydrogens is 305 g/mol. The zero-order valence-electron chi connectivity index (χ0n) is 12.7. The van der Waals surface area contributed by atoms with Crippen LogP contribution in [-0.4, -0.2) is 4.98 Å². The van der Waals surface area contributed by atoms with E-state index in [2.05, 4.69) is 18.8 Å². The Morgan fingerprint density at radius 2 is 1.83 bits per heavy atom. The molecule has 0 aliphatic rings. The van der Waals surface area contributed by atoms with Crippen molar-refractivity contribution in [2.45, 2.75) is 26.4 Å². The van der Waals surface area contributed by atoms with Gasteiger partial charge in [-0.3, -0.25) is 4.79 Å². The number of rotatable bonds is 3. The topological polar surface area (TPSA) is 56.6 Å². The molecular formula is C17H15F3N2O. The molecule has 0 saturated heterocycles. The van der Waals surface area contributed by atoms with Gasteiger partial charge in [-0.05, 0) is 29.5 Å². The Hall–Kier alpha value is -2.55. The zero-order chi connectivity index (χ0) is 17.2. The Morgan fingerprint density at radius 3 is 2.30 bits per heavy atom. The predicted octanol–water partition coefficient (Wildman–Crippen LogP) is 4.13. The third-order valence-electron chi connectivity index (χ3n) is 3.36. The molecule has 2 aromatic rings. The van der Waals surface area contributed by atoms with Crippen LogP contribution in [0, 0.1) is 17.2 Å². The summed E-state index contributed by atoms with van der Waals surface area (Å²) in [6.45, 7) is 4.14. The summed E-state index contributed by atoms with van der Waals surface area (Å²) in [5.41, 5.74) is -1.61. The number of benzene rings is 1. The Labute approximate surface area is 131 Å². The van der Waals surface area contributed by atoms with Gasteiger partial charge in [0.1, 0.15) is 11.6 Å². The quantitative estimate of drug-likeness (QED) is 0.924. The highest BCUT2D eigenvalue weighted by Crippen LogP contribution is 2.32. The summed E-state index contributed by atoms with van der Waals surface area (Å²) in [5, 5.41) is 8.77. The number of nitriles is 1. The molecule has 0 amide bonds. The maximum atomic E-state index is 13.0. The van der Waals surface area contributed by atoms with Crippen molar-refractivity contribution in [3.63, 3.8) is 0 Å². The summed E-state index contributed by atoms with van der Waals surface area (Å²) in [7, 11) is 0. The normalized spacial score (nSPS) is 11.5. The van der Waals surface area contributed by atoms with Gasteiger partial charge in [0.25, 0.3) is 5.56 Å². The van der Waals surface area contributed by atoms with E-state index < -0.39 is 22.9 Å². The van der Waals surface area contributed by atoms with Crippen molar-refractivity contribution >= 4 is 0 Å². The molecule has 0 unspecified atom stereocenters. The van der Waals surface area contributed by atoms with Crippen molar-refractivity contribution in [3.8, 4) is 17.3 Å². The van der Waals surface area contributed by atoms with Crippen molar-refractivity contribution in [2.75, 3.05) is 0 Å². The molecule has 0 aliphatic heterocycles. The number of H-pyrrole nitrogens is 1. The summed E-state index contributed by atoms with van der Waals surface area (Å²) in [5.74, 6) is 0.465. The molecule has 0 saturated carbocycles. The lowest BCUT2D eigenvalue weighted by Crippen LogP contribution is -2.19. The van der Waals surface area contributed by atoms with Gasteiger partial charge < -0.3 is 4.98 Å². The van der Waals surface area contributed by atoms with Crippen LogP contribution in [0.4, 0.5) is 13.2 Å². The Bertz CT molecular complexity index is 797. The average molecular weight is 320 g/mol. The maximum absolute atomic E-state index is 13.0. The van der Waals surface area contributed by atoms with E-state index in [1.54, 1.807) is 12.1 Å². The molecule has 1 N–H and O–H groups in total. The fourth-order valence-electron chi connectivity index (χ4n) is 2.34. The van der Waals surface area contributed by atoms with Crippen LogP contribution in [-0.2, 0) is 12.6 Å². The second-order valence-electron chi connectivity index (χ2n) is 5.71. The smallest absolute Gasteiger partial charge is 0.321 e. The molecule has 0 radical (unpaired) electrons. The molecule has 1 heterocycles. The first-order chi connectivity index (χ1) is 10.7. The Kier molecular flexibility index (Phi) is 4.60. The van der Waals surface area contributed by atoms with Crippen LogP contribution >= 0.6 is 0 Å². The largest absolute Gasteiger partial charge is 0.417 e. The fourth-order valence-corrected chi connectivity index (χ4v) is 2.34. The van der Waals surface area contributed by atoms with E-state index >= 15 is 0 Å². The summed E-state index contributed by atoms with van der Waals surface area (Å²) in [6.07, 6.45) is -3.90. The van der Waals surface area contributed by atoms with E-state index in [4.69, 9.17) is 5.26 Å². The van der Waals surface area contributed by atoms with Crippen molar-refractivity contribution in [1.29, 1.82) is 5.26 Å². The molecule has 0 atom stereocenters. The average Bonchev–Trinajstić information content (AvgIpc) is 2.45. The lowest BCUT2D eigenvalue weighted by molar-refractivity contribution is -0.137. The Balaban J connectivity index is 2.51. The zero-order valence-corrected chi connectivity index (χ0v) is 12.7. The van der Waals surface area contributed by atoms with E-state index in [-0.39, 0.29) is 5.69 Å². The van der Waals surface area contributed by atoms with Crippen LogP contribution in [0.3, 0.4) is 0 Å². The molecule has 0 spiro atoms. The van der Waals surface area contributed by atoms with Gasteiger partial charge in [-0.25, -0.2) is 0 Å². The number of aromatic amines is 1. The number of hydrogen-bond donors (Lipinski definition) is 1. The molecule has 3 nitrogen and oxygen atoms in total. The maximum Gasteiger partial charge on any atom is 0.417 e. The predicted molar refractivity (Wildman–Crippen MR) is 80.8 cm³/mol. The van der Waals surface area contributed by atoms with E-state index in [9.17, 15) is 18.0 Å². The number of halogens is 3. The molecule has 1 aromatic heterocycles. The monoisotopic (exact) mass is 320 g/mol. The van der Waals surface area contributed by atoms with Gasteiger partial charge in [-0.1, -0.05) is 38.1 Å². The third kappa shape index (κ3) is 3.81. The number of nitrogens with one attached hydrogen (secondary N) is 1. The number of pyridine rings is 1. The van der Waals surface area contributed by atoms with Gasteiger partial charge in [-0.15, -0.1) is 0 Å². The molecule has 23 heavy (non-hydrogen) atoms. The van der Waals surface area contributed by atoms with Gasteiger partial charge in [0, 0.05) is 5.69 Å². The first-order valence-electron chi connectivity index (χ1n) is 7.06. The number of nitrogens with zero attached hydrogens (tertiary/aromatic N) is 1. The van der Waals surface area contributed by atoms with E-state index in [1.807, 2.05) is 12.1 Å². The van der Waals surface area contributed by atoms with Crippen LogP contribution < -0.4 is 5.56 Å². The minimum absolute atomic E-state index is 0.0393. The van der Waals surface area contributed by atoms with Crippen LogP contribution in [0.15, 0.2) is 35.1 Å². The SMILES string of the molecule is CC(C)Cc1ccc(-c2cc(C(F)(F)F)c(C#N)c(=O)[nH]2)cc1. The Morgan fingerprint density at radius 1 is 1.22 bits per heavy atom. The van der Waals surface area contributed by atoms with Crippen LogP contribution in [0.5, 0.6) is 0 Å². The van der Waals surface area contributed by atoms with E-state index in [0.29, 0.717) is 11.5 Å². The van der Waals surface area contributed by atoms with Gasteiger partial charge in [-0.2, -0.15) is 18.4 Å². The van der Waals surface area contributed by atoms with Crippen molar-refractivity contribution < 1.29 is 13.2 Å². The highest BCUT2D eigenvalue weighted by Gasteiger charge is 2.35. The summed E-state index contributed by atoms with van der Waals surface area (Å²) < 4.78 is 39.0. The second-order valence-corrected chi connectivity index (χ2v) is 5.71. The van der Waals surface area contributed by atoms with Gasteiger partial charge in [0.2, 0.25) is 0 Å². The number of hydrogen-bond acceptors (Lipinski definition) is 2. The highest BCUT2D eigenvalue weighted by molar-refractivity contribution is 5.61.